The molecule has 7 heteroatoms. The van der Waals surface area contributed by atoms with Gasteiger partial charge in [-0.1, -0.05) is 30.0 Å². The molecule has 0 atom stereocenters. The minimum Gasteiger partial charge on any atom is -0.507 e. The standard InChI is InChI=1S/C18H18N4O2S/c1-11-7-12(2)17(24)13(8-11)9-19-22-16(23)10-25-18-20-14-5-3-4-6-15(14)21-18/h3-9,24H,10H2,1-2H3,(H,20,21)(H,22,23)/b19-9+. The third-order valence-corrected chi connectivity index (χ3v) is 4.45. The van der Waals surface area contributed by atoms with Crippen molar-refractivity contribution in [2.24, 2.45) is 5.10 Å². The van der Waals surface area contributed by atoms with Crippen LogP contribution in [-0.2, 0) is 4.79 Å². The highest BCUT2D eigenvalue weighted by Gasteiger charge is 2.07. The number of imidazole rings is 1. The van der Waals surface area contributed by atoms with Crippen LogP contribution in [0.3, 0.4) is 0 Å². The van der Waals surface area contributed by atoms with Crippen LogP contribution >= 0.6 is 11.8 Å². The van der Waals surface area contributed by atoms with E-state index in [4.69, 9.17) is 0 Å². The second kappa shape index (κ2) is 7.40. The first-order valence-electron chi connectivity index (χ1n) is 7.72. The third-order valence-electron chi connectivity index (χ3n) is 3.57. The number of amides is 1. The molecule has 3 rings (SSSR count). The molecule has 0 aliphatic rings. The van der Waals surface area contributed by atoms with Crippen molar-refractivity contribution in [3.05, 3.63) is 53.1 Å². The molecule has 6 nitrogen and oxygen atoms in total. The SMILES string of the molecule is Cc1cc(C)c(O)c(/C=N/NC(=O)CSc2nc3ccccc3[nH]2)c1. The molecule has 0 aliphatic carbocycles. The highest BCUT2D eigenvalue weighted by atomic mass is 32.2. The van der Waals surface area contributed by atoms with Gasteiger partial charge in [-0.05, 0) is 43.2 Å². The lowest BCUT2D eigenvalue weighted by Gasteiger charge is -2.04. The summed E-state index contributed by atoms with van der Waals surface area (Å²) in [7, 11) is 0. The number of aromatic nitrogens is 2. The van der Waals surface area contributed by atoms with Crippen molar-refractivity contribution < 1.29 is 9.90 Å². The van der Waals surface area contributed by atoms with Gasteiger partial charge in [0.05, 0.1) is 23.0 Å². The Balaban J connectivity index is 1.56. The number of carbonyl (C=O) groups excluding carboxylic acids is 1. The van der Waals surface area contributed by atoms with Crippen molar-refractivity contribution >= 4 is 34.9 Å². The number of para-hydroxylation sites is 2. The number of carbonyl (C=O) groups is 1. The minimum absolute atomic E-state index is 0.167. The van der Waals surface area contributed by atoms with Gasteiger partial charge < -0.3 is 10.1 Å². The molecule has 0 unspecified atom stereocenters. The first-order chi connectivity index (χ1) is 12.0. The van der Waals surface area contributed by atoms with Gasteiger partial charge in [-0.2, -0.15) is 5.10 Å². The molecule has 2 aromatic carbocycles. The number of nitrogens with zero attached hydrogens (tertiary/aromatic N) is 2. The van der Waals surface area contributed by atoms with Crippen LogP contribution in [0.2, 0.25) is 0 Å². The predicted octanol–water partition coefficient (Wildman–Crippen LogP) is 3.13. The van der Waals surface area contributed by atoms with E-state index in [0.29, 0.717) is 10.7 Å². The molecule has 0 spiro atoms. The number of fused-ring (bicyclic) bond motifs is 1. The number of hydrogen-bond acceptors (Lipinski definition) is 5. The average Bonchev–Trinajstić information content (AvgIpc) is 3.00. The van der Waals surface area contributed by atoms with E-state index in [-0.39, 0.29) is 17.4 Å². The van der Waals surface area contributed by atoms with Crippen LogP contribution in [0.5, 0.6) is 5.75 Å². The summed E-state index contributed by atoms with van der Waals surface area (Å²) in [5, 5.41) is 14.6. The third kappa shape index (κ3) is 4.19. The van der Waals surface area contributed by atoms with Crippen LogP contribution in [0.25, 0.3) is 11.0 Å². The Morgan fingerprint density at radius 2 is 2.16 bits per heavy atom. The maximum atomic E-state index is 11.9. The normalized spacial score (nSPS) is 11.3. The topological polar surface area (TPSA) is 90.4 Å². The number of hydrogen-bond donors (Lipinski definition) is 3. The number of phenols is 1. The van der Waals surface area contributed by atoms with Crippen molar-refractivity contribution in [2.45, 2.75) is 19.0 Å². The maximum absolute atomic E-state index is 11.9. The summed E-state index contributed by atoms with van der Waals surface area (Å²) in [5.74, 6) is 0.113. The zero-order valence-electron chi connectivity index (χ0n) is 13.9. The van der Waals surface area contributed by atoms with Crippen LogP contribution in [-0.4, -0.2) is 32.9 Å². The number of aromatic amines is 1. The van der Waals surface area contributed by atoms with Crippen molar-refractivity contribution in [2.75, 3.05) is 5.75 Å². The second-order valence-electron chi connectivity index (χ2n) is 5.66. The van der Waals surface area contributed by atoms with Crippen molar-refractivity contribution in [1.82, 2.24) is 15.4 Å². The van der Waals surface area contributed by atoms with E-state index in [9.17, 15) is 9.90 Å². The van der Waals surface area contributed by atoms with E-state index in [2.05, 4.69) is 20.5 Å². The average molecular weight is 354 g/mol. The number of aryl methyl sites for hydroxylation is 2. The van der Waals surface area contributed by atoms with Gasteiger partial charge >= 0.3 is 0 Å². The fraction of sp³-hybridized carbons (Fsp3) is 0.167. The van der Waals surface area contributed by atoms with Gasteiger partial charge in [0, 0.05) is 5.56 Å². The van der Waals surface area contributed by atoms with E-state index < -0.39 is 0 Å². The van der Waals surface area contributed by atoms with Gasteiger partial charge in [-0.15, -0.1) is 0 Å². The molecule has 1 amide bonds. The summed E-state index contributed by atoms with van der Waals surface area (Å²) in [6.45, 7) is 3.76. The lowest BCUT2D eigenvalue weighted by molar-refractivity contribution is -0.118. The Morgan fingerprint density at radius 1 is 1.36 bits per heavy atom. The van der Waals surface area contributed by atoms with Gasteiger partial charge in [-0.3, -0.25) is 4.79 Å². The molecule has 0 fully saturated rings. The number of benzene rings is 2. The zero-order valence-corrected chi connectivity index (χ0v) is 14.7. The second-order valence-corrected chi connectivity index (χ2v) is 6.62. The summed E-state index contributed by atoms with van der Waals surface area (Å²) in [6, 6.07) is 11.4. The van der Waals surface area contributed by atoms with Crippen LogP contribution in [0, 0.1) is 13.8 Å². The summed E-state index contributed by atoms with van der Waals surface area (Å²) in [6.07, 6.45) is 1.44. The van der Waals surface area contributed by atoms with Crippen molar-refractivity contribution in [3.63, 3.8) is 0 Å². The van der Waals surface area contributed by atoms with Crippen molar-refractivity contribution in [1.29, 1.82) is 0 Å². The molecule has 0 bridgehead atoms. The summed E-state index contributed by atoms with van der Waals surface area (Å²) < 4.78 is 0. The van der Waals surface area contributed by atoms with Gasteiger partial charge in [0.15, 0.2) is 5.16 Å². The Morgan fingerprint density at radius 3 is 2.96 bits per heavy atom. The van der Waals surface area contributed by atoms with E-state index in [0.717, 1.165) is 22.2 Å². The molecule has 128 valence electrons. The summed E-state index contributed by atoms with van der Waals surface area (Å²) in [5.41, 5.74) is 6.63. The molecule has 3 aromatic rings. The maximum Gasteiger partial charge on any atom is 0.250 e. The first-order valence-corrected chi connectivity index (χ1v) is 8.71. The lowest BCUT2D eigenvalue weighted by atomic mass is 10.1. The first kappa shape index (κ1) is 17.0. The molecule has 25 heavy (non-hydrogen) atoms. The highest BCUT2D eigenvalue weighted by molar-refractivity contribution is 7.99. The lowest BCUT2D eigenvalue weighted by Crippen LogP contribution is -2.19. The Bertz CT molecular complexity index is 916. The fourth-order valence-corrected chi connectivity index (χ4v) is 3.11. The van der Waals surface area contributed by atoms with Crippen LogP contribution in [0.1, 0.15) is 16.7 Å². The highest BCUT2D eigenvalue weighted by Crippen LogP contribution is 2.22. The number of H-pyrrole nitrogens is 1. The van der Waals surface area contributed by atoms with Gasteiger partial charge in [-0.25, -0.2) is 10.4 Å². The van der Waals surface area contributed by atoms with Crippen LogP contribution < -0.4 is 5.43 Å². The molecular formula is C18H18N4O2S. The van der Waals surface area contributed by atoms with Crippen LogP contribution in [0.4, 0.5) is 0 Å². The summed E-state index contributed by atoms with van der Waals surface area (Å²) >= 11 is 1.31. The number of phenolic OH excluding ortho intramolecular Hbond substituents is 1. The zero-order chi connectivity index (χ0) is 17.8. The molecule has 0 aliphatic heterocycles. The number of thioether (sulfide) groups is 1. The summed E-state index contributed by atoms with van der Waals surface area (Å²) in [4.78, 5) is 19.4. The van der Waals surface area contributed by atoms with Crippen molar-refractivity contribution in [3.8, 4) is 5.75 Å². The Labute approximate surface area is 149 Å². The molecule has 1 aromatic heterocycles. The quantitative estimate of drug-likeness (QED) is 0.373. The van der Waals surface area contributed by atoms with E-state index in [1.807, 2.05) is 44.2 Å². The van der Waals surface area contributed by atoms with Gasteiger partial charge in [0.2, 0.25) is 0 Å². The number of hydrazone groups is 1. The van der Waals surface area contributed by atoms with E-state index in [1.54, 1.807) is 6.07 Å². The number of aromatic hydroxyl groups is 1. The van der Waals surface area contributed by atoms with Gasteiger partial charge in [0.25, 0.3) is 5.91 Å². The molecule has 0 radical (unpaired) electrons. The molecule has 1 heterocycles. The molecule has 3 N–H and O–H groups in total. The predicted molar refractivity (Wildman–Crippen MR) is 100 cm³/mol. The molecule has 0 saturated heterocycles. The monoisotopic (exact) mass is 354 g/mol. The minimum atomic E-state index is -0.245. The van der Waals surface area contributed by atoms with Crippen LogP contribution in [0.15, 0.2) is 46.7 Å². The number of nitrogens with one attached hydrogen (secondary N) is 2. The fourth-order valence-electron chi connectivity index (χ4n) is 2.43. The number of rotatable bonds is 5. The Kier molecular flexibility index (Phi) is 5.04. The molecule has 0 saturated carbocycles. The van der Waals surface area contributed by atoms with E-state index in [1.165, 1.54) is 18.0 Å². The smallest absolute Gasteiger partial charge is 0.250 e. The Hall–Kier alpha value is -2.80. The molecular weight excluding hydrogens is 336 g/mol. The van der Waals surface area contributed by atoms with E-state index >= 15 is 0 Å². The largest absolute Gasteiger partial charge is 0.507 e. The van der Waals surface area contributed by atoms with Gasteiger partial charge in [0.1, 0.15) is 5.75 Å².